The van der Waals surface area contributed by atoms with E-state index < -0.39 is 0 Å². The lowest BCUT2D eigenvalue weighted by molar-refractivity contribution is 0.491. The van der Waals surface area contributed by atoms with Gasteiger partial charge in [-0.2, -0.15) is 0 Å². The summed E-state index contributed by atoms with van der Waals surface area (Å²) in [7, 11) is 1.97. The van der Waals surface area contributed by atoms with Gasteiger partial charge in [-0.05, 0) is 29.8 Å². The fourth-order valence-corrected chi connectivity index (χ4v) is 3.90. The van der Waals surface area contributed by atoms with Crippen molar-refractivity contribution in [3.05, 3.63) is 56.9 Å². The Bertz CT molecular complexity index is 608. The Morgan fingerprint density at radius 3 is 2.25 bits per heavy atom. The molecule has 0 radical (unpaired) electrons. The number of rotatable bonds is 5. The molecule has 0 aliphatic rings. The Balaban J connectivity index is 1.86. The molecule has 0 aromatic carbocycles. The number of hydrogen-bond donors (Lipinski definition) is 1. The van der Waals surface area contributed by atoms with Crippen molar-refractivity contribution >= 4 is 22.7 Å². The van der Waals surface area contributed by atoms with Gasteiger partial charge < -0.3 is 4.57 Å². The Labute approximate surface area is 126 Å². The van der Waals surface area contributed by atoms with E-state index in [1.165, 1.54) is 9.75 Å². The lowest BCUT2D eigenvalue weighted by Crippen LogP contribution is -2.26. The summed E-state index contributed by atoms with van der Waals surface area (Å²) >= 11 is 3.55. The Morgan fingerprint density at radius 1 is 1.15 bits per heavy atom. The van der Waals surface area contributed by atoms with Gasteiger partial charge in [-0.1, -0.05) is 12.1 Å². The van der Waals surface area contributed by atoms with Crippen LogP contribution in [-0.4, -0.2) is 14.8 Å². The van der Waals surface area contributed by atoms with Crippen molar-refractivity contribution < 1.29 is 0 Å². The molecule has 0 aliphatic heterocycles. The van der Waals surface area contributed by atoms with E-state index in [9.17, 15) is 0 Å². The lowest BCUT2D eigenvalue weighted by Gasteiger charge is -2.21. The average Bonchev–Trinajstić information content (AvgIpc) is 3.18. The maximum atomic E-state index is 4.19. The molecule has 1 unspecified atom stereocenters. The van der Waals surface area contributed by atoms with Gasteiger partial charge in [-0.3, -0.25) is 5.32 Å². The van der Waals surface area contributed by atoms with Crippen LogP contribution in [0.4, 0.5) is 0 Å². The molecule has 1 atom stereocenters. The minimum atomic E-state index is 0.136. The van der Waals surface area contributed by atoms with Crippen molar-refractivity contribution in [2.24, 2.45) is 7.05 Å². The summed E-state index contributed by atoms with van der Waals surface area (Å²) in [4.78, 5) is 2.64. The fraction of sp³-hybridized carbons (Fsp3) is 0.286. The summed E-state index contributed by atoms with van der Waals surface area (Å²) in [5, 5.41) is 16.0. The molecule has 104 valence electrons. The highest BCUT2D eigenvalue weighted by atomic mass is 32.1. The first-order valence-electron chi connectivity index (χ1n) is 6.42. The molecule has 0 fully saturated rings. The van der Waals surface area contributed by atoms with E-state index in [1.54, 1.807) is 29.0 Å². The lowest BCUT2D eigenvalue weighted by atomic mass is 10.1. The molecule has 4 nitrogen and oxygen atoms in total. The molecule has 0 aliphatic carbocycles. The largest absolute Gasteiger partial charge is 0.319 e. The van der Waals surface area contributed by atoms with Gasteiger partial charge in [0, 0.05) is 16.8 Å². The molecule has 0 saturated carbocycles. The van der Waals surface area contributed by atoms with Crippen LogP contribution in [0, 0.1) is 0 Å². The zero-order chi connectivity index (χ0) is 13.9. The van der Waals surface area contributed by atoms with Crippen molar-refractivity contribution in [3.63, 3.8) is 0 Å². The molecule has 1 N–H and O–H groups in total. The van der Waals surface area contributed by atoms with Crippen LogP contribution in [0.15, 0.2) is 41.4 Å². The van der Waals surface area contributed by atoms with Crippen LogP contribution >= 0.6 is 22.7 Å². The van der Waals surface area contributed by atoms with Gasteiger partial charge in [-0.25, -0.2) is 0 Å². The summed E-state index contributed by atoms with van der Waals surface area (Å²) in [6.07, 6.45) is 1.73. The standard InChI is InChI=1S/C14H16N4S2/c1-10(14-17-15-9-18(14)2)16-13(11-5-3-7-19-11)12-6-4-8-20-12/h3-10,13,16H,1-2H3. The zero-order valence-electron chi connectivity index (χ0n) is 11.4. The smallest absolute Gasteiger partial charge is 0.149 e. The maximum absolute atomic E-state index is 4.19. The van der Waals surface area contributed by atoms with Crippen LogP contribution in [-0.2, 0) is 7.05 Å². The molecule has 0 spiro atoms. The first-order chi connectivity index (χ1) is 9.75. The van der Waals surface area contributed by atoms with E-state index >= 15 is 0 Å². The van der Waals surface area contributed by atoms with E-state index in [1.807, 2.05) is 11.6 Å². The molecular weight excluding hydrogens is 288 g/mol. The fourth-order valence-electron chi connectivity index (χ4n) is 2.22. The summed E-state index contributed by atoms with van der Waals surface area (Å²) in [5.41, 5.74) is 0. The van der Waals surface area contributed by atoms with E-state index in [2.05, 4.69) is 57.5 Å². The predicted octanol–water partition coefficient (Wildman–Crippen LogP) is 3.38. The minimum Gasteiger partial charge on any atom is -0.319 e. The topological polar surface area (TPSA) is 42.7 Å². The highest BCUT2D eigenvalue weighted by Gasteiger charge is 2.21. The van der Waals surface area contributed by atoms with Crippen LogP contribution in [0.25, 0.3) is 0 Å². The molecular formula is C14H16N4S2. The number of thiophene rings is 2. The number of nitrogens with zero attached hydrogens (tertiary/aromatic N) is 3. The molecule has 3 aromatic heterocycles. The minimum absolute atomic E-state index is 0.136. The first kappa shape index (κ1) is 13.5. The monoisotopic (exact) mass is 304 g/mol. The summed E-state index contributed by atoms with van der Waals surface area (Å²) in [6, 6.07) is 8.87. The van der Waals surface area contributed by atoms with Crippen molar-refractivity contribution in [1.82, 2.24) is 20.1 Å². The third kappa shape index (κ3) is 2.67. The molecule has 3 heterocycles. The van der Waals surface area contributed by atoms with Crippen LogP contribution in [0.2, 0.25) is 0 Å². The summed E-state index contributed by atoms with van der Waals surface area (Å²) in [6.45, 7) is 2.12. The van der Waals surface area contributed by atoms with Crippen molar-refractivity contribution in [3.8, 4) is 0 Å². The molecule has 3 rings (SSSR count). The van der Waals surface area contributed by atoms with E-state index in [0.29, 0.717) is 0 Å². The highest BCUT2D eigenvalue weighted by Crippen LogP contribution is 2.31. The van der Waals surface area contributed by atoms with Crippen LogP contribution in [0.1, 0.15) is 34.6 Å². The number of aryl methyl sites for hydroxylation is 1. The average molecular weight is 304 g/mol. The second-order valence-electron chi connectivity index (χ2n) is 4.65. The molecule has 6 heteroatoms. The SMILES string of the molecule is CC(NC(c1cccs1)c1cccs1)c1nncn1C. The van der Waals surface area contributed by atoms with Gasteiger partial charge in [0.05, 0.1) is 12.1 Å². The molecule has 0 bridgehead atoms. The number of nitrogens with one attached hydrogen (secondary N) is 1. The summed E-state index contributed by atoms with van der Waals surface area (Å²) < 4.78 is 1.96. The van der Waals surface area contributed by atoms with E-state index in [0.717, 1.165) is 5.82 Å². The van der Waals surface area contributed by atoms with Gasteiger partial charge in [0.1, 0.15) is 12.2 Å². The third-order valence-electron chi connectivity index (χ3n) is 3.21. The van der Waals surface area contributed by atoms with Crippen LogP contribution in [0.3, 0.4) is 0 Å². The van der Waals surface area contributed by atoms with Crippen molar-refractivity contribution in [2.45, 2.75) is 19.0 Å². The quantitative estimate of drug-likeness (QED) is 0.786. The van der Waals surface area contributed by atoms with Crippen LogP contribution in [0.5, 0.6) is 0 Å². The number of aromatic nitrogens is 3. The molecule has 0 amide bonds. The first-order valence-corrected chi connectivity index (χ1v) is 8.18. The second kappa shape index (κ2) is 5.87. The Hall–Kier alpha value is -1.50. The van der Waals surface area contributed by atoms with Crippen molar-refractivity contribution in [1.29, 1.82) is 0 Å². The number of hydrogen-bond acceptors (Lipinski definition) is 5. The van der Waals surface area contributed by atoms with E-state index in [4.69, 9.17) is 0 Å². The van der Waals surface area contributed by atoms with Crippen LogP contribution < -0.4 is 5.32 Å². The summed E-state index contributed by atoms with van der Waals surface area (Å²) in [5.74, 6) is 0.947. The normalized spacial score (nSPS) is 12.9. The molecule has 3 aromatic rings. The van der Waals surface area contributed by atoms with E-state index in [-0.39, 0.29) is 12.1 Å². The van der Waals surface area contributed by atoms with Gasteiger partial charge in [0.15, 0.2) is 0 Å². The highest BCUT2D eigenvalue weighted by molar-refractivity contribution is 7.11. The van der Waals surface area contributed by atoms with Gasteiger partial charge in [0.2, 0.25) is 0 Å². The molecule has 0 saturated heterocycles. The van der Waals surface area contributed by atoms with Gasteiger partial charge in [0.25, 0.3) is 0 Å². The second-order valence-corrected chi connectivity index (χ2v) is 6.61. The Kier molecular flexibility index (Phi) is 3.95. The zero-order valence-corrected chi connectivity index (χ0v) is 13.0. The third-order valence-corrected chi connectivity index (χ3v) is 5.08. The molecule has 20 heavy (non-hydrogen) atoms. The predicted molar refractivity (Wildman–Crippen MR) is 83.0 cm³/mol. The van der Waals surface area contributed by atoms with Gasteiger partial charge in [-0.15, -0.1) is 32.9 Å². The van der Waals surface area contributed by atoms with Gasteiger partial charge >= 0.3 is 0 Å². The Morgan fingerprint density at radius 2 is 1.80 bits per heavy atom. The maximum Gasteiger partial charge on any atom is 0.149 e. The van der Waals surface area contributed by atoms with Crippen molar-refractivity contribution in [2.75, 3.05) is 0 Å².